The molecule has 3 aliphatic rings. The molecule has 26 heavy (non-hydrogen) atoms. The number of nitrogens with zero attached hydrogens (tertiary/aromatic N) is 2. The molecule has 0 aromatic heterocycles. The highest BCUT2D eigenvalue weighted by molar-refractivity contribution is 6.09. The molecule has 4 amide bonds. The number of hydrogen-bond donors (Lipinski definition) is 2. The van der Waals surface area contributed by atoms with Gasteiger partial charge in [-0.05, 0) is 57.3 Å². The predicted molar refractivity (Wildman–Crippen MR) is 98.2 cm³/mol. The summed E-state index contributed by atoms with van der Waals surface area (Å²) in [5.41, 5.74) is 5.17. The van der Waals surface area contributed by atoms with Crippen molar-refractivity contribution in [3.8, 4) is 0 Å². The number of carbonyl (C=O) groups excluding carboxylic acids is 3. The highest BCUT2D eigenvalue weighted by Gasteiger charge is 2.52. The van der Waals surface area contributed by atoms with E-state index in [1.807, 2.05) is 6.92 Å². The topological polar surface area (TPSA) is 95.7 Å². The smallest absolute Gasteiger partial charge is 0.325 e. The van der Waals surface area contributed by atoms with Gasteiger partial charge in [0.2, 0.25) is 5.91 Å². The van der Waals surface area contributed by atoms with Crippen LogP contribution >= 0.6 is 0 Å². The molecule has 0 aromatic rings. The van der Waals surface area contributed by atoms with Crippen molar-refractivity contribution in [1.29, 1.82) is 0 Å². The SMILES string of the molecule is CCC1CCC2(CC1)NC(=O)N(CC(=O)N1CCC(C(C)N)CC1)C2=O. The number of urea groups is 1. The average Bonchev–Trinajstić information content (AvgIpc) is 2.86. The zero-order chi connectivity index (χ0) is 18.9. The second kappa shape index (κ2) is 7.55. The Morgan fingerprint density at radius 2 is 1.85 bits per heavy atom. The van der Waals surface area contributed by atoms with Gasteiger partial charge in [0.25, 0.3) is 5.91 Å². The number of nitrogens with two attached hydrogens (primary N) is 1. The maximum absolute atomic E-state index is 12.9. The molecule has 2 saturated heterocycles. The minimum absolute atomic E-state index is 0.135. The van der Waals surface area contributed by atoms with Gasteiger partial charge in [-0.3, -0.25) is 14.5 Å². The van der Waals surface area contributed by atoms with Crippen LogP contribution in [-0.2, 0) is 9.59 Å². The molecular weight excluding hydrogens is 332 g/mol. The van der Waals surface area contributed by atoms with E-state index < -0.39 is 11.6 Å². The van der Waals surface area contributed by atoms with Crippen LogP contribution in [0.3, 0.4) is 0 Å². The van der Waals surface area contributed by atoms with Gasteiger partial charge in [-0.25, -0.2) is 4.79 Å². The normalized spacial score (nSPS) is 31.4. The Morgan fingerprint density at radius 3 is 2.38 bits per heavy atom. The van der Waals surface area contributed by atoms with Crippen LogP contribution < -0.4 is 11.1 Å². The summed E-state index contributed by atoms with van der Waals surface area (Å²) in [4.78, 5) is 40.8. The third kappa shape index (κ3) is 3.59. The summed E-state index contributed by atoms with van der Waals surface area (Å²) in [5, 5.41) is 2.89. The first-order valence-electron chi connectivity index (χ1n) is 10.0. The van der Waals surface area contributed by atoms with Crippen LogP contribution in [0.2, 0.25) is 0 Å². The summed E-state index contributed by atoms with van der Waals surface area (Å²) in [7, 11) is 0. The minimum Gasteiger partial charge on any atom is -0.341 e. The van der Waals surface area contributed by atoms with Crippen molar-refractivity contribution < 1.29 is 14.4 Å². The van der Waals surface area contributed by atoms with Crippen molar-refractivity contribution >= 4 is 17.8 Å². The molecule has 2 heterocycles. The maximum atomic E-state index is 12.9. The van der Waals surface area contributed by atoms with Gasteiger partial charge in [-0.15, -0.1) is 0 Å². The Kier molecular flexibility index (Phi) is 5.55. The molecule has 2 aliphatic heterocycles. The van der Waals surface area contributed by atoms with Crippen LogP contribution in [0, 0.1) is 11.8 Å². The molecule has 1 atom stereocenters. The Balaban J connectivity index is 1.57. The van der Waals surface area contributed by atoms with Crippen LogP contribution in [0.4, 0.5) is 4.79 Å². The first-order valence-corrected chi connectivity index (χ1v) is 10.0. The number of hydrogen-bond acceptors (Lipinski definition) is 4. The average molecular weight is 364 g/mol. The fourth-order valence-corrected chi connectivity index (χ4v) is 4.65. The molecule has 7 heteroatoms. The number of rotatable bonds is 4. The van der Waals surface area contributed by atoms with Gasteiger partial charge < -0.3 is 16.0 Å². The van der Waals surface area contributed by atoms with Crippen LogP contribution in [-0.4, -0.2) is 58.9 Å². The molecule has 0 bridgehead atoms. The number of nitrogens with one attached hydrogen (secondary N) is 1. The Hall–Kier alpha value is -1.63. The van der Waals surface area contributed by atoms with Gasteiger partial charge in [-0.1, -0.05) is 13.3 Å². The van der Waals surface area contributed by atoms with E-state index in [0.29, 0.717) is 37.8 Å². The largest absolute Gasteiger partial charge is 0.341 e. The van der Waals surface area contributed by atoms with E-state index in [2.05, 4.69) is 12.2 Å². The van der Waals surface area contributed by atoms with Crippen molar-refractivity contribution in [2.45, 2.75) is 70.4 Å². The first kappa shape index (κ1) is 19.1. The number of piperidine rings is 1. The number of carbonyl (C=O) groups is 3. The molecule has 0 aromatic carbocycles. The van der Waals surface area contributed by atoms with Gasteiger partial charge in [0.05, 0.1) is 0 Å². The third-order valence-electron chi connectivity index (χ3n) is 6.71. The highest BCUT2D eigenvalue weighted by Crippen LogP contribution is 2.37. The quantitative estimate of drug-likeness (QED) is 0.738. The Labute approximate surface area is 155 Å². The lowest BCUT2D eigenvalue weighted by atomic mass is 9.75. The predicted octanol–water partition coefficient (Wildman–Crippen LogP) is 1.46. The van der Waals surface area contributed by atoms with Gasteiger partial charge in [0.1, 0.15) is 12.1 Å². The van der Waals surface area contributed by atoms with Crippen LogP contribution in [0.15, 0.2) is 0 Å². The van der Waals surface area contributed by atoms with Crippen molar-refractivity contribution in [3.05, 3.63) is 0 Å². The number of imide groups is 1. The Bertz CT molecular complexity index is 561. The lowest BCUT2D eigenvalue weighted by Crippen LogP contribution is -2.50. The summed E-state index contributed by atoms with van der Waals surface area (Å²) < 4.78 is 0. The molecule has 1 spiro atoms. The van der Waals surface area contributed by atoms with E-state index in [0.717, 1.165) is 37.0 Å². The molecule has 0 radical (unpaired) electrons. The molecule has 146 valence electrons. The maximum Gasteiger partial charge on any atom is 0.325 e. The fraction of sp³-hybridized carbons (Fsp3) is 0.842. The summed E-state index contributed by atoms with van der Waals surface area (Å²) in [5.74, 6) is 0.715. The second-order valence-corrected chi connectivity index (χ2v) is 8.33. The van der Waals surface area contributed by atoms with Crippen LogP contribution in [0.5, 0.6) is 0 Å². The number of likely N-dealkylation sites (tertiary alicyclic amines) is 1. The van der Waals surface area contributed by atoms with Crippen LogP contribution in [0.25, 0.3) is 0 Å². The molecule has 1 saturated carbocycles. The number of amides is 4. The minimum atomic E-state index is -0.773. The van der Waals surface area contributed by atoms with E-state index >= 15 is 0 Å². The van der Waals surface area contributed by atoms with Crippen molar-refractivity contribution in [2.24, 2.45) is 17.6 Å². The zero-order valence-electron chi connectivity index (χ0n) is 16.0. The molecule has 7 nitrogen and oxygen atoms in total. The summed E-state index contributed by atoms with van der Waals surface area (Å²) in [6.45, 7) is 5.32. The van der Waals surface area contributed by atoms with E-state index in [1.165, 1.54) is 0 Å². The first-order chi connectivity index (χ1) is 12.4. The van der Waals surface area contributed by atoms with E-state index in [1.54, 1.807) is 4.90 Å². The van der Waals surface area contributed by atoms with Gasteiger partial charge >= 0.3 is 6.03 Å². The van der Waals surface area contributed by atoms with Crippen molar-refractivity contribution in [1.82, 2.24) is 15.1 Å². The fourth-order valence-electron chi connectivity index (χ4n) is 4.65. The zero-order valence-corrected chi connectivity index (χ0v) is 16.0. The van der Waals surface area contributed by atoms with Crippen molar-refractivity contribution in [2.75, 3.05) is 19.6 Å². The summed E-state index contributed by atoms with van der Waals surface area (Å²) in [6, 6.07) is -0.278. The van der Waals surface area contributed by atoms with E-state index in [9.17, 15) is 14.4 Å². The monoisotopic (exact) mass is 364 g/mol. The molecule has 3 N–H and O–H groups in total. The van der Waals surface area contributed by atoms with Gasteiger partial charge in [0.15, 0.2) is 0 Å². The standard InChI is InChI=1S/C19H32N4O3/c1-3-14-4-8-19(9-5-14)17(25)23(18(26)21-19)12-16(24)22-10-6-15(7-11-22)13(2)20/h13-15H,3-12,20H2,1-2H3,(H,21,26). The second-order valence-electron chi connectivity index (χ2n) is 8.33. The molecule has 1 unspecified atom stereocenters. The third-order valence-corrected chi connectivity index (χ3v) is 6.71. The van der Waals surface area contributed by atoms with Crippen LogP contribution in [0.1, 0.15) is 58.8 Å². The molecule has 3 fully saturated rings. The van der Waals surface area contributed by atoms with Gasteiger partial charge in [0, 0.05) is 19.1 Å². The lowest BCUT2D eigenvalue weighted by molar-refractivity contribution is -0.140. The highest BCUT2D eigenvalue weighted by atomic mass is 16.2. The van der Waals surface area contributed by atoms with Gasteiger partial charge in [-0.2, -0.15) is 0 Å². The molecule has 3 rings (SSSR count). The lowest BCUT2D eigenvalue weighted by Gasteiger charge is -2.35. The summed E-state index contributed by atoms with van der Waals surface area (Å²) >= 11 is 0. The molecular formula is C19H32N4O3. The Morgan fingerprint density at radius 1 is 1.23 bits per heavy atom. The molecule has 1 aliphatic carbocycles. The van der Waals surface area contributed by atoms with Crippen molar-refractivity contribution in [3.63, 3.8) is 0 Å². The summed E-state index contributed by atoms with van der Waals surface area (Å²) in [6.07, 6.45) is 6.14. The van der Waals surface area contributed by atoms with E-state index in [-0.39, 0.29) is 24.4 Å². The van der Waals surface area contributed by atoms with E-state index in [4.69, 9.17) is 5.73 Å².